The molecular formula is C12H23NO6. The van der Waals surface area contributed by atoms with Crippen LogP contribution in [0.1, 0.15) is 13.3 Å². The minimum Gasteiger partial charge on any atom is -0.379 e. The number of carbonyl (C=O) groups excluding carboxylic acids is 1. The van der Waals surface area contributed by atoms with Gasteiger partial charge >= 0.3 is 0 Å². The van der Waals surface area contributed by atoms with Crippen molar-refractivity contribution in [1.82, 2.24) is 0 Å². The van der Waals surface area contributed by atoms with Crippen molar-refractivity contribution in [3.63, 3.8) is 0 Å². The molecule has 0 unspecified atom stereocenters. The Bertz CT molecular complexity index is 224. The van der Waals surface area contributed by atoms with Crippen molar-refractivity contribution >= 4 is 5.78 Å². The largest absolute Gasteiger partial charge is 0.379 e. The van der Waals surface area contributed by atoms with Crippen molar-refractivity contribution in [3.8, 4) is 0 Å². The van der Waals surface area contributed by atoms with Crippen molar-refractivity contribution in [2.24, 2.45) is 5.18 Å². The summed E-state index contributed by atoms with van der Waals surface area (Å²) in [4.78, 5) is 20.3. The van der Waals surface area contributed by atoms with E-state index in [0.717, 1.165) is 0 Å². The molecule has 0 rings (SSSR count). The zero-order valence-corrected chi connectivity index (χ0v) is 11.5. The number of Topliss-reactive ketones (excluding diaryl/α,β-unsaturated/α-hetero) is 1. The number of rotatable bonds is 15. The molecule has 0 aromatic rings. The second-order valence-electron chi connectivity index (χ2n) is 3.75. The van der Waals surface area contributed by atoms with Gasteiger partial charge in [-0.05, 0) is 6.92 Å². The maximum Gasteiger partial charge on any atom is 0.132 e. The molecule has 0 radical (unpaired) electrons. The maximum absolute atomic E-state index is 10.6. The lowest BCUT2D eigenvalue weighted by molar-refractivity contribution is -0.118. The second-order valence-corrected chi connectivity index (χ2v) is 3.75. The van der Waals surface area contributed by atoms with Crippen LogP contribution in [-0.2, 0) is 23.7 Å². The third-order valence-corrected chi connectivity index (χ3v) is 2.04. The van der Waals surface area contributed by atoms with Gasteiger partial charge in [0.1, 0.15) is 12.3 Å². The first-order chi connectivity index (χ1) is 9.27. The summed E-state index contributed by atoms with van der Waals surface area (Å²) in [6, 6.07) is 0. The number of ether oxygens (including phenoxy) is 4. The van der Waals surface area contributed by atoms with E-state index in [1.165, 1.54) is 6.92 Å². The van der Waals surface area contributed by atoms with E-state index in [2.05, 4.69) is 5.18 Å². The molecule has 0 aromatic carbocycles. The van der Waals surface area contributed by atoms with Crippen LogP contribution >= 0.6 is 0 Å². The van der Waals surface area contributed by atoms with E-state index < -0.39 is 0 Å². The molecule has 0 spiro atoms. The summed E-state index contributed by atoms with van der Waals surface area (Å²) in [7, 11) is 0. The molecule has 0 fully saturated rings. The van der Waals surface area contributed by atoms with Gasteiger partial charge in [-0.15, -0.1) is 0 Å². The van der Waals surface area contributed by atoms with Gasteiger partial charge in [0, 0.05) is 6.42 Å². The molecule has 0 heterocycles. The zero-order valence-electron chi connectivity index (χ0n) is 11.5. The van der Waals surface area contributed by atoms with Gasteiger partial charge in [-0.3, -0.25) is 4.79 Å². The van der Waals surface area contributed by atoms with E-state index in [1.807, 2.05) is 0 Å². The van der Waals surface area contributed by atoms with E-state index in [1.54, 1.807) is 0 Å². The van der Waals surface area contributed by atoms with E-state index in [4.69, 9.17) is 18.9 Å². The molecule has 0 aromatic heterocycles. The average molecular weight is 277 g/mol. The Morgan fingerprint density at radius 2 is 1.21 bits per heavy atom. The van der Waals surface area contributed by atoms with Crippen molar-refractivity contribution in [2.45, 2.75) is 13.3 Å². The molecular weight excluding hydrogens is 254 g/mol. The highest BCUT2D eigenvalue weighted by molar-refractivity contribution is 5.75. The molecule has 0 saturated heterocycles. The molecule has 112 valence electrons. The summed E-state index contributed by atoms with van der Waals surface area (Å²) >= 11 is 0. The summed E-state index contributed by atoms with van der Waals surface area (Å²) in [5, 5.41) is 2.67. The molecule has 7 nitrogen and oxygen atoms in total. The molecule has 19 heavy (non-hydrogen) atoms. The van der Waals surface area contributed by atoms with Crippen LogP contribution in [0, 0.1) is 4.91 Å². The van der Waals surface area contributed by atoms with Crippen molar-refractivity contribution < 1.29 is 23.7 Å². The first kappa shape index (κ1) is 18.1. The zero-order chi connectivity index (χ0) is 14.2. The van der Waals surface area contributed by atoms with Gasteiger partial charge in [0.05, 0.1) is 52.9 Å². The highest BCUT2D eigenvalue weighted by Crippen LogP contribution is 1.86. The van der Waals surface area contributed by atoms with Crippen LogP contribution in [0.3, 0.4) is 0 Å². The predicted molar refractivity (Wildman–Crippen MR) is 69.2 cm³/mol. The lowest BCUT2D eigenvalue weighted by Gasteiger charge is -2.06. The van der Waals surface area contributed by atoms with Crippen LogP contribution in [0.25, 0.3) is 0 Å². The summed E-state index contributed by atoms with van der Waals surface area (Å²) in [6.45, 7) is 5.36. The van der Waals surface area contributed by atoms with Crippen molar-refractivity contribution in [3.05, 3.63) is 4.91 Å². The normalized spacial score (nSPS) is 10.6. The maximum atomic E-state index is 10.6. The summed E-state index contributed by atoms with van der Waals surface area (Å²) in [6.07, 6.45) is 0.447. The number of carbonyl (C=O) groups is 1. The quantitative estimate of drug-likeness (QED) is 0.325. The summed E-state index contributed by atoms with van der Waals surface area (Å²) in [5.74, 6) is 0.125. The molecule has 0 aliphatic carbocycles. The Balaban J connectivity index is 2.95. The minimum absolute atomic E-state index is 0.125. The molecule has 0 amide bonds. The first-order valence-corrected chi connectivity index (χ1v) is 6.37. The van der Waals surface area contributed by atoms with Gasteiger partial charge in [0.25, 0.3) is 0 Å². The van der Waals surface area contributed by atoms with Gasteiger partial charge in [-0.2, -0.15) is 4.91 Å². The molecule has 0 N–H and O–H groups in total. The van der Waals surface area contributed by atoms with Gasteiger partial charge < -0.3 is 18.9 Å². The predicted octanol–water partition coefficient (Wildman–Crippen LogP) is 0.798. The highest BCUT2D eigenvalue weighted by atomic mass is 16.6. The topological polar surface area (TPSA) is 83.4 Å². The average Bonchev–Trinajstić information content (AvgIpc) is 2.39. The fraction of sp³-hybridized carbons (Fsp3) is 0.917. The molecule has 0 aliphatic rings. The standard InChI is InChI=1S/C12H23NO6/c1-12(14)2-4-16-6-8-18-10-11-19-9-7-17-5-3-13-15/h2-11H2,1H3. The number of hydrogen-bond acceptors (Lipinski definition) is 7. The van der Waals surface area contributed by atoms with Crippen molar-refractivity contribution in [2.75, 3.05) is 59.4 Å². The molecule has 0 atom stereocenters. The lowest BCUT2D eigenvalue weighted by Crippen LogP contribution is -2.13. The molecule has 0 aliphatic heterocycles. The van der Waals surface area contributed by atoms with E-state index in [-0.39, 0.29) is 12.3 Å². The Morgan fingerprint density at radius 3 is 1.63 bits per heavy atom. The van der Waals surface area contributed by atoms with E-state index in [0.29, 0.717) is 59.3 Å². The van der Waals surface area contributed by atoms with E-state index >= 15 is 0 Å². The number of nitrogens with zero attached hydrogens (tertiary/aromatic N) is 1. The molecule has 7 heteroatoms. The van der Waals surface area contributed by atoms with Crippen LogP contribution in [0.15, 0.2) is 5.18 Å². The number of hydrogen-bond donors (Lipinski definition) is 0. The monoisotopic (exact) mass is 277 g/mol. The Hall–Kier alpha value is -0.890. The van der Waals surface area contributed by atoms with Gasteiger partial charge in [-0.1, -0.05) is 5.18 Å². The fourth-order valence-corrected chi connectivity index (χ4v) is 1.08. The van der Waals surface area contributed by atoms with Gasteiger partial charge in [0.2, 0.25) is 0 Å². The van der Waals surface area contributed by atoms with Crippen LogP contribution in [0.4, 0.5) is 0 Å². The minimum atomic E-state index is 0.125. The van der Waals surface area contributed by atoms with Crippen LogP contribution in [0.5, 0.6) is 0 Å². The van der Waals surface area contributed by atoms with Crippen LogP contribution in [-0.4, -0.2) is 65.2 Å². The van der Waals surface area contributed by atoms with Gasteiger partial charge in [-0.25, -0.2) is 0 Å². The number of nitroso groups, excluding NO2 is 1. The summed E-state index contributed by atoms with van der Waals surface area (Å²) in [5.41, 5.74) is 0. The Labute approximate surface area is 113 Å². The van der Waals surface area contributed by atoms with Crippen LogP contribution in [0.2, 0.25) is 0 Å². The molecule has 0 saturated carbocycles. The lowest BCUT2D eigenvalue weighted by atomic mass is 10.3. The third kappa shape index (κ3) is 17.1. The first-order valence-electron chi connectivity index (χ1n) is 6.37. The molecule has 0 bridgehead atoms. The van der Waals surface area contributed by atoms with Gasteiger partial charge in [0.15, 0.2) is 0 Å². The SMILES string of the molecule is CC(=O)CCOCCOCCOCCOCCN=O. The highest BCUT2D eigenvalue weighted by Gasteiger charge is 1.94. The fourth-order valence-electron chi connectivity index (χ4n) is 1.08. The van der Waals surface area contributed by atoms with Crippen molar-refractivity contribution in [1.29, 1.82) is 0 Å². The third-order valence-electron chi connectivity index (χ3n) is 2.04. The summed E-state index contributed by atoms with van der Waals surface area (Å²) < 4.78 is 20.7. The smallest absolute Gasteiger partial charge is 0.132 e. The Kier molecular flexibility index (Phi) is 14.5. The second kappa shape index (κ2) is 15.2. The van der Waals surface area contributed by atoms with E-state index in [9.17, 15) is 9.70 Å². The van der Waals surface area contributed by atoms with Crippen LogP contribution < -0.4 is 0 Å². The Morgan fingerprint density at radius 1 is 0.789 bits per heavy atom. The number of ketones is 1.